The molecule has 18 heavy (non-hydrogen) atoms. The van der Waals surface area contributed by atoms with E-state index < -0.39 is 38.8 Å². The zero-order valence-electron chi connectivity index (χ0n) is 12.8. The molecule has 0 saturated heterocycles. The van der Waals surface area contributed by atoms with Crippen molar-refractivity contribution in [2.24, 2.45) is 0 Å². The Kier molecular flexibility index (Phi) is 3.30. The van der Waals surface area contributed by atoms with Gasteiger partial charge in [-0.3, -0.25) is 0 Å². The van der Waals surface area contributed by atoms with Crippen molar-refractivity contribution in [3.05, 3.63) is 28.0 Å². The lowest BCUT2D eigenvalue weighted by Crippen LogP contribution is -2.38. The van der Waals surface area contributed by atoms with Gasteiger partial charge in [0.1, 0.15) is 5.82 Å². The standard InChI is InChI=1S/C11H15BrFNO3S/c1-7-9(12)4-8(5-10(7)13)18(16,17)14-6-11(2,3)15/h4-5,14-15H,6H2,1-3H3/i1D3. The average Bonchev–Trinajstić information content (AvgIpc) is 2.22. The molecule has 102 valence electrons. The van der Waals surface area contributed by atoms with Crippen molar-refractivity contribution in [3.63, 3.8) is 0 Å². The summed E-state index contributed by atoms with van der Waals surface area (Å²) in [5.41, 5.74) is -1.86. The van der Waals surface area contributed by atoms with Crippen molar-refractivity contribution >= 4 is 26.0 Å². The van der Waals surface area contributed by atoms with Crippen LogP contribution in [0.25, 0.3) is 0 Å². The fourth-order valence-electron chi connectivity index (χ4n) is 1.06. The van der Waals surface area contributed by atoms with Gasteiger partial charge in [0.2, 0.25) is 10.0 Å². The SMILES string of the molecule is [2H]C([2H])([2H])c1c(F)cc(S(=O)(=O)NCC(C)(C)O)cc1Br. The number of hydrogen-bond acceptors (Lipinski definition) is 3. The second-order valence-corrected chi connectivity index (χ2v) is 7.02. The van der Waals surface area contributed by atoms with Gasteiger partial charge in [-0.05, 0) is 38.4 Å². The summed E-state index contributed by atoms with van der Waals surface area (Å²) < 4.78 is 61.5. The first kappa shape index (κ1) is 11.3. The summed E-state index contributed by atoms with van der Waals surface area (Å²) in [4.78, 5) is -0.427. The molecule has 0 fully saturated rings. The van der Waals surface area contributed by atoms with Crippen LogP contribution >= 0.6 is 15.9 Å². The van der Waals surface area contributed by atoms with E-state index >= 15 is 0 Å². The van der Waals surface area contributed by atoms with Crippen LogP contribution < -0.4 is 4.72 Å². The fourth-order valence-corrected chi connectivity index (χ4v) is 2.89. The Bertz CT molecular complexity index is 618. The first-order chi connectivity index (χ1) is 9.24. The molecule has 2 N–H and O–H groups in total. The van der Waals surface area contributed by atoms with Crippen molar-refractivity contribution in [3.8, 4) is 0 Å². The topological polar surface area (TPSA) is 66.4 Å². The van der Waals surface area contributed by atoms with Crippen molar-refractivity contribution in [1.29, 1.82) is 0 Å². The van der Waals surface area contributed by atoms with E-state index in [1.54, 1.807) is 0 Å². The van der Waals surface area contributed by atoms with Gasteiger partial charge in [0.15, 0.2) is 0 Å². The Labute approximate surface area is 119 Å². The van der Waals surface area contributed by atoms with Gasteiger partial charge in [-0.25, -0.2) is 17.5 Å². The molecule has 0 bridgehead atoms. The average molecular weight is 343 g/mol. The van der Waals surface area contributed by atoms with Crippen LogP contribution in [0.4, 0.5) is 4.39 Å². The fraction of sp³-hybridized carbons (Fsp3) is 0.455. The lowest BCUT2D eigenvalue weighted by molar-refractivity contribution is 0.0857. The molecular weight excluding hydrogens is 325 g/mol. The quantitative estimate of drug-likeness (QED) is 0.878. The molecule has 0 radical (unpaired) electrons. The number of nitrogens with one attached hydrogen (secondary N) is 1. The third-order valence-corrected chi connectivity index (χ3v) is 4.03. The minimum Gasteiger partial charge on any atom is -0.389 e. The molecule has 0 aromatic heterocycles. The maximum absolute atomic E-state index is 13.9. The van der Waals surface area contributed by atoms with Crippen molar-refractivity contribution in [1.82, 2.24) is 4.72 Å². The molecule has 1 aromatic carbocycles. The molecule has 0 unspecified atom stereocenters. The second kappa shape index (κ2) is 5.24. The van der Waals surface area contributed by atoms with Crippen LogP contribution in [0.5, 0.6) is 0 Å². The molecule has 7 heteroatoms. The lowest BCUT2D eigenvalue weighted by atomic mass is 10.1. The number of rotatable bonds is 4. The Morgan fingerprint density at radius 3 is 2.61 bits per heavy atom. The van der Waals surface area contributed by atoms with E-state index in [2.05, 4.69) is 20.7 Å². The highest BCUT2D eigenvalue weighted by Crippen LogP contribution is 2.23. The molecule has 0 spiro atoms. The minimum atomic E-state index is -4.06. The third-order valence-electron chi connectivity index (χ3n) is 2.02. The summed E-state index contributed by atoms with van der Waals surface area (Å²) in [6, 6.07) is 1.65. The summed E-state index contributed by atoms with van der Waals surface area (Å²) in [6.07, 6.45) is 0. The lowest BCUT2D eigenvalue weighted by Gasteiger charge is -2.18. The largest absolute Gasteiger partial charge is 0.389 e. The van der Waals surface area contributed by atoms with E-state index in [1.165, 1.54) is 13.8 Å². The van der Waals surface area contributed by atoms with E-state index in [9.17, 15) is 17.9 Å². The molecule has 0 aliphatic rings. The molecular formula is C11H15BrFNO3S. The molecule has 0 heterocycles. The third kappa shape index (κ3) is 4.01. The van der Waals surface area contributed by atoms with Gasteiger partial charge < -0.3 is 5.11 Å². The van der Waals surface area contributed by atoms with E-state index in [4.69, 9.17) is 4.11 Å². The van der Waals surface area contributed by atoms with Gasteiger partial charge in [-0.1, -0.05) is 15.9 Å². The predicted molar refractivity (Wildman–Crippen MR) is 70.3 cm³/mol. The smallest absolute Gasteiger partial charge is 0.240 e. The van der Waals surface area contributed by atoms with E-state index in [0.717, 1.165) is 6.07 Å². The maximum Gasteiger partial charge on any atom is 0.240 e. The monoisotopic (exact) mass is 342 g/mol. The Morgan fingerprint density at radius 1 is 1.56 bits per heavy atom. The Balaban J connectivity index is 3.22. The maximum atomic E-state index is 13.9. The number of halogens is 2. The van der Waals surface area contributed by atoms with E-state index in [0.29, 0.717) is 6.07 Å². The first-order valence-corrected chi connectivity index (χ1v) is 7.23. The van der Waals surface area contributed by atoms with Crippen molar-refractivity contribution in [2.45, 2.75) is 31.2 Å². The number of aliphatic hydroxyl groups is 1. The number of benzene rings is 1. The van der Waals surface area contributed by atoms with Crippen LogP contribution in [-0.2, 0) is 10.0 Å². The predicted octanol–water partition coefficient (Wildman–Crippen LogP) is 1.95. The van der Waals surface area contributed by atoms with Gasteiger partial charge in [0, 0.05) is 15.1 Å². The zero-order chi connectivity index (χ0) is 16.6. The zero-order valence-corrected chi connectivity index (χ0v) is 12.2. The van der Waals surface area contributed by atoms with E-state index in [-0.39, 0.29) is 11.0 Å². The van der Waals surface area contributed by atoms with Crippen LogP contribution in [0.15, 0.2) is 21.5 Å². The molecule has 0 amide bonds. The number of sulfonamides is 1. The molecule has 0 aliphatic heterocycles. The molecule has 0 saturated carbocycles. The first-order valence-electron chi connectivity index (χ1n) is 6.45. The van der Waals surface area contributed by atoms with Gasteiger partial charge in [-0.2, -0.15) is 0 Å². The van der Waals surface area contributed by atoms with Crippen LogP contribution in [0, 0.1) is 12.7 Å². The minimum absolute atomic E-state index is 0.161. The number of hydrogen-bond donors (Lipinski definition) is 2. The van der Waals surface area contributed by atoms with E-state index in [1.807, 2.05) is 0 Å². The summed E-state index contributed by atoms with van der Waals surface area (Å²) in [5, 5.41) is 9.50. The van der Waals surface area contributed by atoms with Crippen molar-refractivity contribution in [2.75, 3.05) is 6.54 Å². The molecule has 1 rings (SSSR count). The molecule has 0 aliphatic carbocycles. The van der Waals surface area contributed by atoms with Crippen LogP contribution in [-0.4, -0.2) is 25.7 Å². The molecule has 1 aromatic rings. The normalized spacial score (nSPS) is 15.9. The highest BCUT2D eigenvalue weighted by Gasteiger charge is 2.21. The van der Waals surface area contributed by atoms with Gasteiger partial charge in [0.05, 0.1) is 10.5 Å². The highest BCUT2D eigenvalue weighted by molar-refractivity contribution is 9.10. The van der Waals surface area contributed by atoms with Gasteiger partial charge in [0.25, 0.3) is 0 Å². The van der Waals surface area contributed by atoms with Crippen LogP contribution in [0.1, 0.15) is 23.5 Å². The van der Waals surface area contributed by atoms with Crippen LogP contribution in [0.2, 0.25) is 0 Å². The Morgan fingerprint density at radius 2 is 2.17 bits per heavy atom. The summed E-state index contributed by atoms with van der Waals surface area (Å²) in [5.74, 6) is -1.15. The van der Waals surface area contributed by atoms with Crippen LogP contribution in [0.3, 0.4) is 0 Å². The summed E-state index contributed by atoms with van der Waals surface area (Å²) >= 11 is 2.88. The Hall–Kier alpha value is -0.500. The van der Waals surface area contributed by atoms with Gasteiger partial charge in [-0.15, -0.1) is 0 Å². The van der Waals surface area contributed by atoms with Crippen molar-refractivity contribution < 1.29 is 22.0 Å². The summed E-state index contributed by atoms with van der Waals surface area (Å²) in [7, 11) is -4.06. The van der Waals surface area contributed by atoms with Gasteiger partial charge >= 0.3 is 0 Å². The highest BCUT2D eigenvalue weighted by atomic mass is 79.9. The summed E-state index contributed by atoms with van der Waals surface area (Å²) in [6.45, 7) is -0.158. The second-order valence-electron chi connectivity index (χ2n) is 4.40. The molecule has 4 nitrogen and oxygen atoms in total. The molecule has 0 atom stereocenters.